The number of thiocarbonyl (C=S) groups is 2. The molecule has 0 radical (unpaired) electrons. The van der Waals surface area contributed by atoms with Crippen molar-refractivity contribution in [3.8, 4) is 0 Å². The van der Waals surface area contributed by atoms with Gasteiger partial charge in [-0.15, -0.1) is 0 Å². The van der Waals surface area contributed by atoms with E-state index in [2.05, 4.69) is 33.3 Å². The molecule has 1 atom stereocenters. The predicted octanol–water partition coefficient (Wildman–Crippen LogP) is 1.42. The molecule has 0 aliphatic carbocycles. The second-order valence-corrected chi connectivity index (χ2v) is 6.13. The van der Waals surface area contributed by atoms with Crippen molar-refractivity contribution in [2.45, 2.75) is 6.10 Å². The van der Waals surface area contributed by atoms with E-state index in [1.165, 1.54) is 0 Å². The lowest BCUT2D eigenvalue weighted by Gasteiger charge is -2.12. The summed E-state index contributed by atoms with van der Waals surface area (Å²) in [5.74, 6) is -0.252. The first kappa shape index (κ1) is 18.3. The Morgan fingerprint density at radius 2 is 1.79 bits per heavy atom. The average molecular weight is 404 g/mol. The number of halogens is 2. The molecule has 1 aliphatic heterocycles. The summed E-state index contributed by atoms with van der Waals surface area (Å²) in [5, 5.41) is 16.5. The molecule has 126 valence electrons. The molecule has 1 aromatic carbocycles. The van der Waals surface area contributed by atoms with Gasteiger partial charge in [-0.25, -0.2) is 0 Å². The molecule has 7 N–H and O–H groups in total. The van der Waals surface area contributed by atoms with E-state index in [4.69, 9.17) is 57.0 Å². The number of rotatable bonds is 3. The van der Waals surface area contributed by atoms with Crippen LogP contribution in [0.5, 0.6) is 0 Å². The second kappa shape index (κ2) is 7.71. The Kier molecular flexibility index (Phi) is 5.89. The van der Waals surface area contributed by atoms with Crippen LogP contribution in [0.15, 0.2) is 28.4 Å². The van der Waals surface area contributed by atoms with Crippen molar-refractivity contribution in [2.75, 3.05) is 0 Å². The fourth-order valence-corrected chi connectivity index (χ4v) is 2.44. The predicted molar refractivity (Wildman–Crippen MR) is 103 cm³/mol. The molecule has 1 aliphatic rings. The van der Waals surface area contributed by atoms with Gasteiger partial charge in [0.2, 0.25) is 5.90 Å². The first-order valence-corrected chi connectivity index (χ1v) is 7.84. The molecule has 8 nitrogen and oxygen atoms in total. The van der Waals surface area contributed by atoms with Crippen LogP contribution in [-0.2, 0) is 4.74 Å². The fraction of sp³-hybridized carbons (Fsp3) is 0.0833. The minimum atomic E-state index is -0.809. The first-order valence-electron chi connectivity index (χ1n) is 6.26. The van der Waals surface area contributed by atoms with Gasteiger partial charge in [-0.05, 0) is 36.6 Å². The van der Waals surface area contributed by atoms with E-state index >= 15 is 0 Å². The zero-order valence-electron chi connectivity index (χ0n) is 11.8. The summed E-state index contributed by atoms with van der Waals surface area (Å²) < 4.78 is 5.50. The van der Waals surface area contributed by atoms with Gasteiger partial charge in [0.05, 0.1) is 0 Å². The quantitative estimate of drug-likeness (QED) is 0.380. The smallest absolute Gasteiger partial charge is 0.237 e. The lowest BCUT2D eigenvalue weighted by Crippen LogP contribution is -2.31. The highest BCUT2D eigenvalue weighted by Crippen LogP contribution is 2.33. The maximum absolute atomic E-state index is 7.94. The summed E-state index contributed by atoms with van der Waals surface area (Å²) in [6.07, 6.45) is -0.809. The summed E-state index contributed by atoms with van der Waals surface area (Å²) in [5.41, 5.74) is 16.4. The van der Waals surface area contributed by atoms with Gasteiger partial charge in [-0.2, -0.15) is 10.2 Å². The zero-order valence-corrected chi connectivity index (χ0v) is 15.0. The standard InChI is InChI=1S/C12H11Cl2N7OS2/c13-4-1-2-5(6(14)3-4)9-7(18-20-11(16)23)8(10(15)22-9)19-21-12(17)24/h1-3,9,15H,(H3,16,20,23)(H3,17,21,24)/b15-10?,18-7+,19-8-. The van der Waals surface area contributed by atoms with E-state index in [0.717, 1.165) is 0 Å². The highest BCUT2D eigenvalue weighted by molar-refractivity contribution is 7.80. The van der Waals surface area contributed by atoms with Crippen LogP contribution in [0.25, 0.3) is 0 Å². The number of hydrogen-bond donors (Lipinski definition) is 5. The van der Waals surface area contributed by atoms with Crippen LogP contribution in [0, 0.1) is 5.41 Å². The van der Waals surface area contributed by atoms with Gasteiger partial charge < -0.3 is 16.2 Å². The van der Waals surface area contributed by atoms with Crippen LogP contribution < -0.4 is 22.3 Å². The highest BCUT2D eigenvalue weighted by Gasteiger charge is 2.38. The zero-order chi connectivity index (χ0) is 17.9. The average Bonchev–Trinajstić information content (AvgIpc) is 2.78. The van der Waals surface area contributed by atoms with Crippen molar-refractivity contribution in [2.24, 2.45) is 21.7 Å². The Labute approximate surface area is 157 Å². The highest BCUT2D eigenvalue weighted by atomic mass is 35.5. The monoisotopic (exact) mass is 403 g/mol. The van der Waals surface area contributed by atoms with Crippen molar-refractivity contribution < 1.29 is 4.74 Å². The molecule has 24 heavy (non-hydrogen) atoms. The van der Waals surface area contributed by atoms with Gasteiger partial charge in [0.1, 0.15) is 5.71 Å². The van der Waals surface area contributed by atoms with Gasteiger partial charge in [-0.1, -0.05) is 29.3 Å². The molecule has 1 fully saturated rings. The Morgan fingerprint density at radius 3 is 2.38 bits per heavy atom. The third-order valence-electron chi connectivity index (χ3n) is 2.75. The van der Waals surface area contributed by atoms with Crippen LogP contribution >= 0.6 is 47.6 Å². The van der Waals surface area contributed by atoms with Crippen LogP contribution in [0.1, 0.15) is 11.7 Å². The van der Waals surface area contributed by atoms with Crippen LogP contribution in [0.3, 0.4) is 0 Å². The Hall–Kier alpha value is -2.01. The number of hydrazone groups is 2. The summed E-state index contributed by atoms with van der Waals surface area (Å²) in [6.45, 7) is 0. The molecule has 0 spiro atoms. The molecular weight excluding hydrogens is 393 g/mol. The number of nitrogens with one attached hydrogen (secondary N) is 3. The summed E-state index contributed by atoms with van der Waals surface area (Å²) >= 11 is 21.5. The molecule has 0 bridgehead atoms. The molecule has 1 heterocycles. The minimum Gasteiger partial charge on any atom is -0.461 e. The van der Waals surface area contributed by atoms with E-state index in [1.807, 2.05) is 0 Å². The Balaban J connectivity index is 2.48. The molecular formula is C12H11Cl2N7OS2. The molecule has 1 aromatic rings. The normalized spacial score (nSPS) is 20.1. The fourth-order valence-electron chi connectivity index (χ4n) is 1.84. The van der Waals surface area contributed by atoms with Crippen LogP contribution in [-0.4, -0.2) is 27.5 Å². The van der Waals surface area contributed by atoms with Crippen molar-refractivity contribution in [1.82, 2.24) is 10.9 Å². The maximum Gasteiger partial charge on any atom is 0.237 e. The molecule has 2 rings (SSSR count). The van der Waals surface area contributed by atoms with E-state index in [0.29, 0.717) is 15.6 Å². The van der Waals surface area contributed by atoms with Crippen molar-refractivity contribution in [3.63, 3.8) is 0 Å². The first-order chi connectivity index (χ1) is 11.3. The van der Waals surface area contributed by atoms with Gasteiger partial charge in [-0.3, -0.25) is 16.3 Å². The number of hydrogen-bond acceptors (Lipinski definition) is 6. The van der Waals surface area contributed by atoms with Crippen molar-refractivity contribution in [3.05, 3.63) is 33.8 Å². The number of ether oxygens (including phenoxy) is 1. The summed E-state index contributed by atoms with van der Waals surface area (Å²) in [6, 6.07) is 4.84. The summed E-state index contributed by atoms with van der Waals surface area (Å²) in [4.78, 5) is 0. The Bertz CT molecular complexity index is 781. The Morgan fingerprint density at radius 1 is 1.17 bits per heavy atom. The van der Waals surface area contributed by atoms with Gasteiger partial charge in [0.25, 0.3) is 0 Å². The molecule has 1 unspecified atom stereocenters. The number of nitrogens with two attached hydrogens (primary N) is 2. The second-order valence-electron chi connectivity index (χ2n) is 4.40. The van der Waals surface area contributed by atoms with E-state index in [1.54, 1.807) is 18.2 Å². The molecule has 0 amide bonds. The van der Waals surface area contributed by atoms with E-state index in [9.17, 15) is 0 Å². The molecule has 12 heteroatoms. The van der Waals surface area contributed by atoms with Gasteiger partial charge in [0.15, 0.2) is 22.0 Å². The van der Waals surface area contributed by atoms with Gasteiger partial charge >= 0.3 is 0 Å². The summed E-state index contributed by atoms with van der Waals surface area (Å²) in [7, 11) is 0. The minimum absolute atomic E-state index is 0.0662. The van der Waals surface area contributed by atoms with E-state index < -0.39 is 6.10 Å². The molecule has 1 saturated heterocycles. The third kappa shape index (κ3) is 4.29. The lowest BCUT2D eigenvalue weighted by molar-refractivity contribution is 0.274. The lowest BCUT2D eigenvalue weighted by atomic mass is 10.0. The van der Waals surface area contributed by atoms with Crippen LogP contribution in [0.4, 0.5) is 0 Å². The number of nitrogens with zero attached hydrogens (tertiary/aromatic N) is 2. The molecule has 0 saturated carbocycles. The SMILES string of the molecule is N=C1OC(c2ccc(Cl)cc2Cl)C(=N/NC(N)=S)/C1=N/NC(N)=S. The number of benzene rings is 1. The third-order valence-corrected chi connectivity index (χ3v) is 3.50. The maximum atomic E-state index is 7.94. The van der Waals surface area contributed by atoms with Crippen LogP contribution in [0.2, 0.25) is 10.0 Å². The van der Waals surface area contributed by atoms with Gasteiger partial charge in [0, 0.05) is 15.6 Å². The van der Waals surface area contributed by atoms with Crippen molar-refractivity contribution in [1.29, 1.82) is 5.41 Å². The topological polar surface area (TPSA) is 134 Å². The molecule has 0 aromatic heterocycles. The largest absolute Gasteiger partial charge is 0.461 e. The van der Waals surface area contributed by atoms with E-state index in [-0.39, 0.29) is 27.5 Å². The van der Waals surface area contributed by atoms with Crippen molar-refractivity contribution >= 4 is 75.2 Å².